The summed E-state index contributed by atoms with van der Waals surface area (Å²) in [6, 6.07) is 10.7. The van der Waals surface area contributed by atoms with E-state index in [1.165, 1.54) is 25.7 Å². The van der Waals surface area contributed by atoms with Crippen LogP contribution < -0.4 is 10.2 Å². The van der Waals surface area contributed by atoms with Crippen molar-refractivity contribution in [3.8, 4) is 0 Å². The quantitative estimate of drug-likeness (QED) is 0.618. The van der Waals surface area contributed by atoms with E-state index in [9.17, 15) is 0 Å². The van der Waals surface area contributed by atoms with E-state index in [2.05, 4.69) is 56.3 Å². The third-order valence-corrected chi connectivity index (χ3v) is 8.02. The standard InChI is InChI=1S/C26H33N7/c1-18(22-16-19-7-8-20(22)15-19)29-25-21-5-2-3-6-23(21)30-24(31-25)17-32-11-13-33(14-12-32)26-27-9-4-10-28-26/h2-6,9-10,18-20,22H,7-8,11-17H2,1H3,(H,29,30,31). The third-order valence-electron chi connectivity index (χ3n) is 8.02. The molecule has 0 amide bonds. The van der Waals surface area contributed by atoms with Gasteiger partial charge < -0.3 is 10.2 Å². The Kier molecular flexibility index (Phi) is 5.58. The molecule has 7 heteroatoms. The first kappa shape index (κ1) is 20.8. The molecule has 7 nitrogen and oxygen atoms in total. The number of hydrogen-bond donors (Lipinski definition) is 1. The zero-order valence-corrected chi connectivity index (χ0v) is 19.4. The summed E-state index contributed by atoms with van der Waals surface area (Å²) in [6.45, 7) is 6.88. The number of piperazine rings is 1. The van der Waals surface area contributed by atoms with Crippen molar-refractivity contribution in [1.29, 1.82) is 0 Å². The Labute approximate surface area is 195 Å². The normalized spacial score (nSPS) is 26.1. The maximum absolute atomic E-state index is 5.04. The molecule has 4 unspecified atom stereocenters. The number of aromatic nitrogens is 4. The highest BCUT2D eigenvalue weighted by Gasteiger charge is 2.42. The first-order chi connectivity index (χ1) is 16.2. The van der Waals surface area contributed by atoms with Crippen LogP contribution in [0.5, 0.6) is 0 Å². The number of rotatable bonds is 6. The van der Waals surface area contributed by atoms with E-state index in [0.29, 0.717) is 6.04 Å². The molecule has 2 aromatic heterocycles. The number of fused-ring (bicyclic) bond motifs is 3. The second-order valence-corrected chi connectivity index (χ2v) is 10.1. The summed E-state index contributed by atoms with van der Waals surface area (Å²) in [5, 5.41) is 4.95. The molecule has 2 aliphatic carbocycles. The van der Waals surface area contributed by atoms with Gasteiger partial charge in [0.05, 0.1) is 12.1 Å². The molecule has 0 spiro atoms. The van der Waals surface area contributed by atoms with Gasteiger partial charge in [0.15, 0.2) is 0 Å². The Morgan fingerprint density at radius 2 is 1.79 bits per heavy atom. The molecule has 1 aliphatic heterocycles. The molecule has 2 bridgehead atoms. The summed E-state index contributed by atoms with van der Waals surface area (Å²) in [6.07, 6.45) is 9.29. The summed E-state index contributed by atoms with van der Waals surface area (Å²) in [4.78, 5) is 23.4. The van der Waals surface area contributed by atoms with E-state index in [1.54, 1.807) is 0 Å². The minimum atomic E-state index is 0.445. The fraction of sp³-hybridized carbons (Fsp3) is 0.538. The molecule has 6 rings (SSSR count). The Bertz CT molecular complexity index is 1100. The average molecular weight is 444 g/mol. The lowest BCUT2D eigenvalue weighted by atomic mass is 9.84. The smallest absolute Gasteiger partial charge is 0.225 e. The van der Waals surface area contributed by atoms with E-state index >= 15 is 0 Å². The SMILES string of the molecule is CC(Nc1nc(CN2CCN(c3ncccn3)CC2)nc2ccccc12)C1CC2CCC1C2. The highest BCUT2D eigenvalue weighted by atomic mass is 15.3. The van der Waals surface area contributed by atoms with Gasteiger partial charge in [-0.1, -0.05) is 18.6 Å². The molecule has 3 heterocycles. The molecule has 2 saturated carbocycles. The van der Waals surface area contributed by atoms with Crippen molar-refractivity contribution in [2.24, 2.45) is 17.8 Å². The first-order valence-electron chi connectivity index (χ1n) is 12.5. The van der Waals surface area contributed by atoms with Crippen LogP contribution in [0.3, 0.4) is 0 Å². The summed E-state index contributed by atoms with van der Waals surface area (Å²) in [7, 11) is 0. The van der Waals surface area contributed by atoms with Gasteiger partial charge in [0.1, 0.15) is 11.6 Å². The lowest BCUT2D eigenvalue weighted by Crippen LogP contribution is -2.46. The van der Waals surface area contributed by atoms with Crippen molar-refractivity contribution in [2.45, 2.75) is 45.2 Å². The van der Waals surface area contributed by atoms with Crippen LogP contribution in [0.2, 0.25) is 0 Å². The Hall–Kier alpha value is -2.80. The largest absolute Gasteiger partial charge is 0.367 e. The Morgan fingerprint density at radius 1 is 0.970 bits per heavy atom. The van der Waals surface area contributed by atoms with Gasteiger partial charge in [-0.2, -0.15) is 0 Å². The second-order valence-electron chi connectivity index (χ2n) is 10.1. The lowest BCUT2D eigenvalue weighted by Gasteiger charge is -2.34. The van der Waals surface area contributed by atoms with Gasteiger partial charge in [0, 0.05) is 50.0 Å². The fourth-order valence-electron chi connectivity index (χ4n) is 6.29. The Balaban J connectivity index is 1.17. The molecule has 3 fully saturated rings. The van der Waals surface area contributed by atoms with Crippen molar-refractivity contribution >= 4 is 22.7 Å². The maximum atomic E-state index is 5.04. The molecule has 1 saturated heterocycles. The number of hydrogen-bond acceptors (Lipinski definition) is 7. The van der Waals surface area contributed by atoms with Gasteiger partial charge >= 0.3 is 0 Å². The molecule has 1 N–H and O–H groups in total. The van der Waals surface area contributed by atoms with E-state index in [0.717, 1.165) is 79.0 Å². The van der Waals surface area contributed by atoms with Crippen LogP contribution in [0.25, 0.3) is 10.9 Å². The van der Waals surface area contributed by atoms with Gasteiger partial charge in [0.2, 0.25) is 5.95 Å². The van der Waals surface area contributed by atoms with Gasteiger partial charge in [-0.3, -0.25) is 4.90 Å². The number of anilines is 2. The Morgan fingerprint density at radius 3 is 2.55 bits per heavy atom. The molecular formula is C26H33N7. The molecular weight excluding hydrogens is 410 g/mol. The molecule has 1 aromatic carbocycles. The van der Waals surface area contributed by atoms with Crippen LogP contribution in [-0.2, 0) is 6.54 Å². The van der Waals surface area contributed by atoms with Crippen LogP contribution in [0.15, 0.2) is 42.7 Å². The molecule has 0 radical (unpaired) electrons. The monoisotopic (exact) mass is 443 g/mol. The molecule has 172 valence electrons. The predicted octanol–water partition coefficient (Wildman–Crippen LogP) is 3.98. The topological polar surface area (TPSA) is 70.1 Å². The van der Waals surface area contributed by atoms with Crippen molar-refractivity contribution in [2.75, 3.05) is 36.4 Å². The van der Waals surface area contributed by atoms with Gasteiger partial charge in [-0.15, -0.1) is 0 Å². The first-order valence-corrected chi connectivity index (χ1v) is 12.5. The minimum absolute atomic E-state index is 0.445. The number of para-hydroxylation sites is 1. The third kappa shape index (κ3) is 4.26. The molecule has 4 atom stereocenters. The number of nitrogens with one attached hydrogen (secondary N) is 1. The highest BCUT2D eigenvalue weighted by Crippen LogP contribution is 2.50. The van der Waals surface area contributed by atoms with Crippen LogP contribution >= 0.6 is 0 Å². The molecule has 3 aliphatic rings. The van der Waals surface area contributed by atoms with Crippen molar-refractivity contribution in [3.05, 3.63) is 48.5 Å². The molecule has 33 heavy (non-hydrogen) atoms. The van der Waals surface area contributed by atoms with Crippen molar-refractivity contribution < 1.29 is 0 Å². The zero-order chi connectivity index (χ0) is 22.2. The fourth-order valence-corrected chi connectivity index (χ4v) is 6.29. The molecule has 3 aromatic rings. The van der Waals surface area contributed by atoms with Crippen molar-refractivity contribution in [1.82, 2.24) is 24.8 Å². The summed E-state index contributed by atoms with van der Waals surface area (Å²) >= 11 is 0. The minimum Gasteiger partial charge on any atom is -0.367 e. The maximum Gasteiger partial charge on any atom is 0.225 e. The van der Waals surface area contributed by atoms with Crippen molar-refractivity contribution in [3.63, 3.8) is 0 Å². The van der Waals surface area contributed by atoms with E-state index < -0.39 is 0 Å². The van der Waals surface area contributed by atoms with Crippen LogP contribution in [-0.4, -0.2) is 57.1 Å². The van der Waals surface area contributed by atoms with Gasteiger partial charge in [-0.25, -0.2) is 19.9 Å². The van der Waals surface area contributed by atoms with Gasteiger partial charge in [-0.05, 0) is 62.1 Å². The van der Waals surface area contributed by atoms with E-state index in [-0.39, 0.29) is 0 Å². The van der Waals surface area contributed by atoms with Crippen LogP contribution in [0.1, 0.15) is 38.4 Å². The second kappa shape index (κ2) is 8.86. The summed E-state index contributed by atoms with van der Waals surface area (Å²) in [5.74, 6) is 5.36. The van der Waals surface area contributed by atoms with Gasteiger partial charge in [0.25, 0.3) is 0 Å². The average Bonchev–Trinajstić information content (AvgIpc) is 3.49. The van der Waals surface area contributed by atoms with Crippen LogP contribution in [0.4, 0.5) is 11.8 Å². The predicted molar refractivity (Wildman–Crippen MR) is 131 cm³/mol. The number of benzene rings is 1. The zero-order valence-electron chi connectivity index (χ0n) is 19.4. The van der Waals surface area contributed by atoms with E-state index in [1.807, 2.05) is 18.5 Å². The van der Waals surface area contributed by atoms with E-state index in [4.69, 9.17) is 9.97 Å². The lowest BCUT2D eigenvalue weighted by molar-refractivity contribution is 0.243. The number of nitrogens with zero attached hydrogens (tertiary/aromatic N) is 6. The summed E-state index contributed by atoms with van der Waals surface area (Å²) in [5.41, 5.74) is 1.03. The van der Waals surface area contributed by atoms with Crippen LogP contribution in [0, 0.1) is 17.8 Å². The summed E-state index contributed by atoms with van der Waals surface area (Å²) < 4.78 is 0. The highest BCUT2D eigenvalue weighted by molar-refractivity contribution is 5.89.